The van der Waals surface area contributed by atoms with Crippen molar-refractivity contribution in [2.45, 2.75) is 19.3 Å². The molecule has 0 aromatic heterocycles. The second-order valence-electron chi connectivity index (χ2n) is 7.88. The molecular weight excluding hydrogens is 369 g/mol. The third kappa shape index (κ3) is 6.12. The maximum atomic E-state index is 13.0. The average Bonchev–Trinajstić information content (AvgIpc) is 2.70. The highest BCUT2D eigenvalue weighted by Crippen LogP contribution is 2.22. The van der Waals surface area contributed by atoms with Crippen LogP contribution in [0.2, 0.25) is 0 Å². The van der Waals surface area contributed by atoms with E-state index in [1.54, 1.807) is 38.4 Å². The molecule has 0 radical (unpaired) electrons. The van der Waals surface area contributed by atoms with Gasteiger partial charge in [0.2, 0.25) is 5.91 Å². The monoisotopic (exact) mass is 397 g/mol. The predicted octanol–water partition coefficient (Wildman–Crippen LogP) is 3.42. The third-order valence-electron chi connectivity index (χ3n) is 5.31. The maximum absolute atomic E-state index is 13.0. The summed E-state index contributed by atoms with van der Waals surface area (Å²) < 4.78 is 13.0. The van der Waals surface area contributed by atoms with Crippen LogP contribution in [0.1, 0.15) is 28.8 Å². The molecule has 1 N–H and O–H groups in total. The zero-order chi connectivity index (χ0) is 20.8. The van der Waals surface area contributed by atoms with Crippen LogP contribution in [0.4, 0.5) is 10.1 Å². The summed E-state index contributed by atoms with van der Waals surface area (Å²) in [7, 11) is 3.40. The fourth-order valence-corrected chi connectivity index (χ4v) is 3.69. The van der Waals surface area contributed by atoms with Crippen LogP contribution < -0.4 is 5.32 Å². The van der Waals surface area contributed by atoms with Crippen molar-refractivity contribution in [3.05, 3.63) is 65.5 Å². The zero-order valence-corrected chi connectivity index (χ0v) is 17.0. The number of nitrogens with zero attached hydrogens (tertiary/aromatic N) is 2. The van der Waals surface area contributed by atoms with Crippen LogP contribution in [-0.2, 0) is 11.2 Å². The summed E-state index contributed by atoms with van der Waals surface area (Å²) in [6, 6.07) is 13.7. The number of hydrogen-bond donors (Lipinski definition) is 1. The van der Waals surface area contributed by atoms with Gasteiger partial charge in [0, 0.05) is 25.3 Å². The SMILES string of the molecule is CN(C)C(=O)c1cccc(NC(=O)CN2CCC(Cc3ccc(F)cc3)CC2)c1. The molecule has 1 aliphatic heterocycles. The van der Waals surface area contributed by atoms with Crippen LogP contribution in [0.15, 0.2) is 48.5 Å². The zero-order valence-electron chi connectivity index (χ0n) is 17.0. The lowest BCUT2D eigenvalue weighted by Crippen LogP contribution is -2.39. The molecule has 3 rings (SSSR count). The van der Waals surface area contributed by atoms with E-state index in [-0.39, 0.29) is 17.6 Å². The van der Waals surface area contributed by atoms with Crippen molar-refractivity contribution in [3.63, 3.8) is 0 Å². The fourth-order valence-electron chi connectivity index (χ4n) is 3.69. The minimum Gasteiger partial charge on any atom is -0.345 e. The lowest BCUT2D eigenvalue weighted by molar-refractivity contribution is -0.117. The molecule has 29 heavy (non-hydrogen) atoms. The van der Waals surface area contributed by atoms with Gasteiger partial charge in [-0.05, 0) is 74.2 Å². The number of likely N-dealkylation sites (tertiary alicyclic amines) is 1. The molecule has 5 nitrogen and oxygen atoms in total. The highest BCUT2D eigenvalue weighted by atomic mass is 19.1. The van der Waals surface area contributed by atoms with Crippen molar-refractivity contribution in [2.24, 2.45) is 5.92 Å². The fraction of sp³-hybridized carbons (Fsp3) is 0.391. The number of nitrogens with one attached hydrogen (secondary N) is 1. The van der Waals surface area contributed by atoms with Crippen molar-refractivity contribution < 1.29 is 14.0 Å². The van der Waals surface area contributed by atoms with Crippen LogP contribution in [0.3, 0.4) is 0 Å². The van der Waals surface area contributed by atoms with Gasteiger partial charge in [-0.3, -0.25) is 14.5 Å². The van der Waals surface area contributed by atoms with Gasteiger partial charge in [-0.1, -0.05) is 18.2 Å². The van der Waals surface area contributed by atoms with Crippen molar-refractivity contribution in [3.8, 4) is 0 Å². The van der Waals surface area contributed by atoms with Gasteiger partial charge in [0.15, 0.2) is 0 Å². The first-order valence-electron chi connectivity index (χ1n) is 9.99. The molecule has 154 valence electrons. The lowest BCUT2D eigenvalue weighted by Gasteiger charge is -2.31. The van der Waals surface area contributed by atoms with Crippen LogP contribution in [-0.4, -0.2) is 55.3 Å². The topological polar surface area (TPSA) is 52.7 Å². The summed E-state index contributed by atoms with van der Waals surface area (Å²) in [5.74, 6) is 0.195. The van der Waals surface area contributed by atoms with Gasteiger partial charge in [-0.25, -0.2) is 4.39 Å². The highest BCUT2D eigenvalue weighted by Gasteiger charge is 2.21. The van der Waals surface area contributed by atoms with Gasteiger partial charge < -0.3 is 10.2 Å². The molecule has 2 aromatic carbocycles. The Kier molecular flexibility index (Phi) is 6.99. The lowest BCUT2D eigenvalue weighted by atomic mass is 9.90. The molecule has 0 saturated carbocycles. The Morgan fingerprint density at radius 3 is 2.45 bits per heavy atom. The summed E-state index contributed by atoms with van der Waals surface area (Å²) >= 11 is 0. The summed E-state index contributed by atoms with van der Waals surface area (Å²) in [5, 5.41) is 2.89. The molecule has 0 atom stereocenters. The Morgan fingerprint density at radius 1 is 1.10 bits per heavy atom. The van der Waals surface area contributed by atoms with Gasteiger partial charge in [0.1, 0.15) is 5.82 Å². The summed E-state index contributed by atoms with van der Waals surface area (Å²) in [5.41, 5.74) is 2.35. The van der Waals surface area contributed by atoms with E-state index in [0.717, 1.165) is 37.9 Å². The molecule has 0 bridgehead atoms. The number of hydrogen-bond acceptors (Lipinski definition) is 3. The third-order valence-corrected chi connectivity index (χ3v) is 5.31. The number of carbonyl (C=O) groups is 2. The van der Waals surface area contributed by atoms with Crippen molar-refractivity contribution in [2.75, 3.05) is 39.0 Å². The normalized spacial score (nSPS) is 15.1. The Bertz CT molecular complexity index is 843. The molecular formula is C23H28FN3O2. The van der Waals surface area contributed by atoms with E-state index < -0.39 is 0 Å². The average molecular weight is 397 g/mol. The molecule has 1 saturated heterocycles. The van der Waals surface area contributed by atoms with E-state index in [9.17, 15) is 14.0 Å². The molecule has 1 heterocycles. The minimum absolute atomic E-state index is 0.0727. The van der Waals surface area contributed by atoms with Gasteiger partial charge in [-0.15, -0.1) is 0 Å². The Labute approximate surface area is 171 Å². The smallest absolute Gasteiger partial charge is 0.253 e. The molecule has 2 amide bonds. The van der Waals surface area contributed by atoms with Crippen LogP contribution >= 0.6 is 0 Å². The second-order valence-corrected chi connectivity index (χ2v) is 7.88. The van der Waals surface area contributed by atoms with E-state index in [1.165, 1.54) is 17.0 Å². The van der Waals surface area contributed by atoms with Gasteiger partial charge in [-0.2, -0.15) is 0 Å². The largest absolute Gasteiger partial charge is 0.345 e. The molecule has 1 fully saturated rings. The molecule has 2 aromatic rings. The summed E-state index contributed by atoms with van der Waals surface area (Å²) in [4.78, 5) is 28.1. The van der Waals surface area contributed by atoms with Crippen molar-refractivity contribution in [1.29, 1.82) is 0 Å². The van der Waals surface area contributed by atoms with Gasteiger partial charge in [0.05, 0.1) is 6.54 Å². The van der Waals surface area contributed by atoms with Crippen molar-refractivity contribution in [1.82, 2.24) is 9.80 Å². The summed E-state index contributed by atoms with van der Waals surface area (Å²) in [6.07, 6.45) is 3.00. The number of amides is 2. The van der Waals surface area contributed by atoms with Crippen molar-refractivity contribution >= 4 is 17.5 Å². The minimum atomic E-state index is -0.203. The van der Waals surface area contributed by atoms with E-state index in [4.69, 9.17) is 0 Å². The second kappa shape index (κ2) is 9.65. The van der Waals surface area contributed by atoms with E-state index in [0.29, 0.717) is 23.7 Å². The van der Waals surface area contributed by atoms with Crippen LogP contribution in [0.5, 0.6) is 0 Å². The van der Waals surface area contributed by atoms with Crippen LogP contribution in [0.25, 0.3) is 0 Å². The Morgan fingerprint density at radius 2 is 1.79 bits per heavy atom. The van der Waals surface area contributed by atoms with Crippen LogP contribution in [0, 0.1) is 11.7 Å². The molecule has 6 heteroatoms. The number of anilines is 1. The quantitative estimate of drug-likeness (QED) is 0.813. The standard InChI is InChI=1S/C23H28FN3O2/c1-26(2)23(29)19-4-3-5-21(15-19)25-22(28)16-27-12-10-18(11-13-27)14-17-6-8-20(24)9-7-17/h3-9,15,18H,10-14,16H2,1-2H3,(H,25,28). The van der Waals surface area contributed by atoms with E-state index in [1.807, 2.05) is 12.1 Å². The first-order valence-corrected chi connectivity index (χ1v) is 9.99. The number of benzene rings is 2. The van der Waals surface area contributed by atoms with Gasteiger partial charge in [0.25, 0.3) is 5.91 Å². The first-order chi connectivity index (χ1) is 13.9. The summed E-state index contributed by atoms with van der Waals surface area (Å²) in [6.45, 7) is 2.09. The molecule has 0 unspecified atom stereocenters. The maximum Gasteiger partial charge on any atom is 0.253 e. The number of carbonyl (C=O) groups excluding carboxylic acids is 2. The Hall–Kier alpha value is -2.73. The number of rotatable bonds is 6. The molecule has 0 spiro atoms. The Balaban J connectivity index is 1.45. The first kappa shape index (κ1) is 21.0. The molecule has 1 aliphatic rings. The molecule has 0 aliphatic carbocycles. The van der Waals surface area contributed by atoms with E-state index in [2.05, 4.69) is 10.2 Å². The van der Waals surface area contributed by atoms with Gasteiger partial charge >= 0.3 is 0 Å². The number of halogens is 1. The highest BCUT2D eigenvalue weighted by molar-refractivity contribution is 5.97. The number of piperidine rings is 1. The predicted molar refractivity (Wildman–Crippen MR) is 112 cm³/mol. The van der Waals surface area contributed by atoms with E-state index >= 15 is 0 Å².